The Morgan fingerprint density at radius 2 is 2.31 bits per heavy atom. The van der Waals surface area contributed by atoms with Gasteiger partial charge in [-0.1, -0.05) is 15.9 Å². The number of nitrogens with zero attached hydrogens (tertiary/aromatic N) is 3. The van der Waals surface area contributed by atoms with Crippen molar-refractivity contribution in [2.24, 2.45) is 0 Å². The molecule has 0 saturated heterocycles. The fraction of sp³-hybridized carbons (Fsp3) is 0.750. The summed E-state index contributed by atoms with van der Waals surface area (Å²) in [5.41, 5.74) is 0.0501. The highest BCUT2D eigenvalue weighted by atomic mass is 79.9. The molecule has 72 valence electrons. The molecular weight excluding hydrogens is 234 g/mol. The Morgan fingerprint density at radius 3 is 3.00 bits per heavy atom. The van der Waals surface area contributed by atoms with Gasteiger partial charge in [-0.15, -0.1) is 0 Å². The number of hydrogen-bond donors (Lipinski definition) is 0. The minimum Gasteiger partial charge on any atom is -0.279 e. The van der Waals surface area contributed by atoms with Crippen LogP contribution in [0.3, 0.4) is 0 Å². The molecule has 0 spiro atoms. The number of aryl methyl sites for hydroxylation is 2. The van der Waals surface area contributed by atoms with Gasteiger partial charge in [0, 0.05) is 18.3 Å². The van der Waals surface area contributed by atoms with Crippen LogP contribution in [0.1, 0.15) is 18.7 Å². The van der Waals surface area contributed by atoms with E-state index in [1.807, 2.05) is 0 Å². The summed E-state index contributed by atoms with van der Waals surface area (Å²) in [5, 5.41) is 5.06. The molecule has 0 amide bonds. The molecule has 0 fully saturated rings. The fourth-order valence-corrected chi connectivity index (χ4v) is 2.01. The summed E-state index contributed by atoms with van der Waals surface area (Å²) in [6.45, 7) is 1.51. The second kappa shape index (κ2) is 3.65. The Kier molecular flexibility index (Phi) is 2.53. The van der Waals surface area contributed by atoms with Gasteiger partial charge in [-0.3, -0.25) is 4.57 Å². The topological polar surface area (TPSA) is 39.8 Å². The van der Waals surface area contributed by atoms with Crippen LogP contribution in [0.25, 0.3) is 0 Å². The largest absolute Gasteiger partial charge is 0.345 e. The van der Waals surface area contributed by atoms with Crippen LogP contribution >= 0.6 is 15.9 Å². The molecule has 0 atom stereocenters. The summed E-state index contributed by atoms with van der Waals surface area (Å²) < 4.78 is 3.35. The third kappa shape index (κ3) is 1.57. The zero-order valence-electron chi connectivity index (χ0n) is 7.37. The highest BCUT2D eigenvalue weighted by Gasteiger charge is 2.15. The first-order valence-corrected chi connectivity index (χ1v) is 5.67. The van der Waals surface area contributed by atoms with Crippen molar-refractivity contribution in [3.63, 3.8) is 0 Å². The van der Waals surface area contributed by atoms with Gasteiger partial charge in [-0.2, -0.15) is 5.10 Å². The van der Waals surface area contributed by atoms with E-state index in [1.54, 1.807) is 9.25 Å². The smallest absolute Gasteiger partial charge is 0.279 e. The number of fused-ring (bicyclic) bond motifs is 1. The molecule has 1 aliphatic rings. The first-order chi connectivity index (χ1) is 6.33. The van der Waals surface area contributed by atoms with Gasteiger partial charge in [0.15, 0.2) is 0 Å². The third-order valence-electron chi connectivity index (χ3n) is 2.33. The zero-order valence-corrected chi connectivity index (χ0v) is 8.96. The van der Waals surface area contributed by atoms with Crippen LogP contribution in [0, 0.1) is 0 Å². The second-order valence-electron chi connectivity index (χ2n) is 3.22. The Balaban J connectivity index is 2.39. The number of halogens is 1. The lowest BCUT2D eigenvalue weighted by molar-refractivity contribution is 0.511. The Labute approximate surface area is 84.7 Å². The number of hydrogen-bond acceptors (Lipinski definition) is 2. The summed E-state index contributed by atoms with van der Waals surface area (Å²) in [5.74, 6) is 0.956. The molecule has 0 radical (unpaired) electrons. The molecule has 0 unspecified atom stereocenters. The van der Waals surface area contributed by atoms with Gasteiger partial charge in [-0.05, 0) is 12.8 Å². The van der Waals surface area contributed by atoms with Gasteiger partial charge >= 0.3 is 5.69 Å². The Bertz CT molecular complexity index is 355. The lowest BCUT2D eigenvalue weighted by Gasteiger charge is -2.09. The summed E-state index contributed by atoms with van der Waals surface area (Å²) >= 11 is 3.30. The molecule has 0 aliphatic carbocycles. The fourth-order valence-electron chi connectivity index (χ4n) is 1.67. The van der Waals surface area contributed by atoms with Crippen molar-refractivity contribution in [3.8, 4) is 0 Å². The van der Waals surface area contributed by atoms with E-state index in [9.17, 15) is 4.79 Å². The number of alkyl halides is 1. The highest BCUT2D eigenvalue weighted by molar-refractivity contribution is 9.09. The summed E-state index contributed by atoms with van der Waals surface area (Å²) in [4.78, 5) is 11.6. The average Bonchev–Trinajstić information content (AvgIpc) is 2.46. The Morgan fingerprint density at radius 1 is 1.46 bits per heavy atom. The predicted octanol–water partition coefficient (Wildman–Crippen LogP) is 0.776. The standard InChI is InChI=1S/C8H12BrN3O/c9-4-6-12-8(13)11-5-2-1-3-7(11)10-12/h1-6H2. The van der Waals surface area contributed by atoms with Crippen LogP contribution in [0.15, 0.2) is 4.79 Å². The van der Waals surface area contributed by atoms with Crippen molar-refractivity contribution in [1.82, 2.24) is 14.3 Å². The van der Waals surface area contributed by atoms with Crippen LogP contribution in [0.4, 0.5) is 0 Å². The van der Waals surface area contributed by atoms with E-state index < -0.39 is 0 Å². The van der Waals surface area contributed by atoms with Gasteiger partial charge in [0.2, 0.25) is 0 Å². The number of aromatic nitrogens is 3. The van der Waals surface area contributed by atoms with Crippen molar-refractivity contribution in [2.75, 3.05) is 5.33 Å². The van der Waals surface area contributed by atoms with E-state index in [1.165, 1.54) is 0 Å². The first kappa shape index (κ1) is 8.99. The van der Waals surface area contributed by atoms with E-state index in [0.29, 0.717) is 6.54 Å². The van der Waals surface area contributed by atoms with Gasteiger partial charge < -0.3 is 0 Å². The summed E-state index contributed by atoms with van der Waals surface area (Å²) in [6.07, 6.45) is 3.21. The maximum absolute atomic E-state index is 11.6. The molecule has 13 heavy (non-hydrogen) atoms. The van der Waals surface area contributed by atoms with E-state index >= 15 is 0 Å². The maximum Gasteiger partial charge on any atom is 0.345 e. The Hall–Kier alpha value is -0.580. The minimum absolute atomic E-state index is 0.0501. The molecule has 1 aromatic heterocycles. The molecule has 0 N–H and O–H groups in total. The van der Waals surface area contributed by atoms with E-state index in [-0.39, 0.29) is 5.69 Å². The molecular formula is C8H12BrN3O. The van der Waals surface area contributed by atoms with Crippen molar-refractivity contribution < 1.29 is 0 Å². The van der Waals surface area contributed by atoms with Crippen LogP contribution in [0.5, 0.6) is 0 Å². The second-order valence-corrected chi connectivity index (χ2v) is 4.01. The van der Waals surface area contributed by atoms with Crippen LogP contribution in [-0.4, -0.2) is 19.7 Å². The van der Waals surface area contributed by atoms with Crippen LogP contribution < -0.4 is 5.69 Å². The number of rotatable bonds is 2. The lowest BCUT2D eigenvalue weighted by Crippen LogP contribution is -2.27. The third-order valence-corrected chi connectivity index (χ3v) is 2.68. The SMILES string of the molecule is O=c1n(CCBr)nc2n1CCCC2. The maximum atomic E-state index is 11.6. The molecule has 0 bridgehead atoms. The average molecular weight is 246 g/mol. The predicted molar refractivity (Wildman–Crippen MR) is 53.2 cm³/mol. The monoisotopic (exact) mass is 245 g/mol. The molecule has 5 heteroatoms. The van der Waals surface area contributed by atoms with Crippen molar-refractivity contribution in [3.05, 3.63) is 16.3 Å². The highest BCUT2D eigenvalue weighted by Crippen LogP contribution is 2.09. The molecule has 2 rings (SSSR count). The quantitative estimate of drug-likeness (QED) is 0.723. The molecule has 1 aliphatic heterocycles. The van der Waals surface area contributed by atoms with Crippen molar-refractivity contribution in [1.29, 1.82) is 0 Å². The van der Waals surface area contributed by atoms with Gasteiger partial charge in [-0.25, -0.2) is 9.48 Å². The minimum atomic E-state index is 0.0501. The molecule has 4 nitrogen and oxygen atoms in total. The summed E-state index contributed by atoms with van der Waals surface area (Å²) in [6, 6.07) is 0. The molecule has 2 heterocycles. The van der Waals surface area contributed by atoms with E-state index in [0.717, 1.165) is 37.0 Å². The van der Waals surface area contributed by atoms with Crippen molar-refractivity contribution >= 4 is 15.9 Å². The van der Waals surface area contributed by atoms with Gasteiger partial charge in [0.1, 0.15) is 5.82 Å². The summed E-state index contributed by atoms with van der Waals surface area (Å²) in [7, 11) is 0. The molecule has 1 aromatic rings. The zero-order chi connectivity index (χ0) is 9.26. The van der Waals surface area contributed by atoms with Gasteiger partial charge in [0.25, 0.3) is 0 Å². The van der Waals surface area contributed by atoms with E-state index in [4.69, 9.17) is 0 Å². The molecule has 0 saturated carbocycles. The van der Waals surface area contributed by atoms with Crippen LogP contribution in [-0.2, 0) is 19.5 Å². The normalized spacial score (nSPS) is 15.8. The molecule has 0 aromatic carbocycles. The van der Waals surface area contributed by atoms with E-state index in [2.05, 4.69) is 21.0 Å². The van der Waals surface area contributed by atoms with Gasteiger partial charge in [0.05, 0.1) is 6.54 Å². The first-order valence-electron chi connectivity index (χ1n) is 4.55. The lowest BCUT2D eigenvalue weighted by atomic mass is 10.2. The van der Waals surface area contributed by atoms with Crippen molar-refractivity contribution in [2.45, 2.75) is 32.4 Å². The van der Waals surface area contributed by atoms with Crippen LogP contribution in [0.2, 0.25) is 0 Å².